The summed E-state index contributed by atoms with van der Waals surface area (Å²) in [5.74, 6) is 0. The van der Waals surface area contributed by atoms with Crippen LogP contribution in [0.4, 0.5) is 34.1 Å². The summed E-state index contributed by atoms with van der Waals surface area (Å²) in [4.78, 5) is 5.01. The average molecular weight is 825 g/mol. The molecule has 310 valence electrons. The number of rotatable bonds is 10. The van der Waals surface area contributed by atoms with Gasteiger partial charge in [0.05, 0.1) is 5.69 Å². The fourth-order valence-electron chi connectivity index (χ4n) is 10.4. The molecule has 9 aromatic rings. The van der Waals surface area contributed by atoms with Crippen molar-refractivity contribution in [3.05, 3.63) is 241 Å². The lowest BCUT2D eigenvalue weighted by molar-refractivity contribution is 0.661. The van der Waals surface area contributed by atoms with Gasteiger partial charge < -0.3 is 9.80 Å². The highest BCUT2D eigenvalue weighted by Gasteiger charge is 2.31. The predicted octanol–water partition coefficient (Wildman–Crippen LogP) is 17.1. The van der Waals surface area contributed by atoms with Gasteiger partial charge in [-0.05, 0) is 179 Å². The highest BCUT2D eigenvalue weighted by atomic mass is 15.2. The molecule has 0 bridgehead atoms. The smallest absolute Gasteiger partial charge is 0.0531 e. The van der Waals surface area contributed by atoms with Crippen molar-refractivity contribution in [3.63, 3.8) is 0 Å². The standard InChI is InChI=1S/C62H52N2/c1-5-17-45(18-6-1)48-29-35-52(36-30-48)63(53-37-31-49(32-38-53)46-19-7-2-8-20-46)54-41-43-56(44-42-54)64(55-39-33-50(34-40-55)47-21-9-3-10-22-47)62-59-27-15-13-25-57(59)61(51-23-11-4-12-24-51)58-26-14-16-28-60(58)62/h1-12,17-24,29-44H,13-16,25-28H2. The molecule has 0 fully saturated rings. The molecule has 0 N–H and O–H groups in total. The summed E-state index contributed by atoms with van der Waals surface area (Å²) >= 11 is 0. The van der Waals surface area contributed by atoms with E-state index in [1.807, 2.05) is 0 Å². The third kappa shape index (κ3) is 7.71. The van der Waals surface area contributed by atoms with Gasteiger partial charge in [0.15, 0.2) is 0 Å². The summed E-state index contributed by atoms with van der Waals surface area (Å²) in [6, 6.07) is 80.0. The zero-order valence-corrected chi connectivity index (χ0v) is 36.3. The summed E-state index contributed by atoms with van der Waals surface area (Å²) in [6.45, 7) is 0. The van der Waals surface area contributed by atoms with Gasteiger partial charge in [-0.3, -0.25) is 0 Å². The average Bonchev–Trinajstić information content (AvgIpc) is 3.38. The number of hydrogen-bond acceptors (Lipinski definition) is 2. The molecule has 0 unspecified atom stereocenters. The molecule has 0 aromatic heterocycles. The van der Waals surface area contributed by atoms with Crippen LogP contribution in [0.3, 0.4) is 0 Å². The zero-order chi connectivity index (χ0) is 42.7. The fraction of sp³-hybridized carbons (Fsp3) is 0.129. The summed E-state index contributed by atoms with van der Waals surface area (Å²) in [6.07, 6.45) is 9.35. The minimum absolute atomic E-state index is 1.10. The molecule has 0 heterocycles. The number of hydrogen-bond donors (Lipinski definition) is 0. The molecule has 0 atom stereocenters. The van der Waals surface area contributed by atoms with Gasteiger partial charge in [0, 0.05) is 28.4 Å². The Bertz CT molecular complexity index is 2860. The molecule has 2 heteroatoms. The van der Waals surface area contributed by atoms with E-state index in [1.54, 1.807) is 22.3 Å². The summed E-state index contributed by atoms with van der Waals surface area (Å²) in [7, 11) is 0. The van der Waals surface area contributed by atoms with Crippen LogP contribution < -0.4 is 9.80 Å². The lowest BCUT2D eigenvalue weighted by atomic mass is 9.75. The van der Waals surface area contributed by atoms with Crippen molar-refractivity contribution < 1.29 is 0 Å². The molecule has 0 radical (unpaired) electrons. The van der Waals surface area contributed by atoms with Crippen LogP contribution in [-0.2, 0) is 25.7 Å². The predicted molar refractivity (Wildman–Crippen MR) is 271 cm³/mol. The van der Waals surface area contributed by atoms with E-state index in [4.69, 9.17) is 0 Å². The van der Waals surface area contributed by atoms with Crippen LogP contribution in [-0.4, -0.2) is 0 Å². The largest absolute Gasteiger partial charge is 0.311 e. The maximum Gasteiger partial charge on any atom is 0.0531 e. The summed E-state index contributed by atoms with van der Waals surface area (Å²) < 4.78 is 0. The Morgan fingerprint density at radius 1 is 0.219 bits per heavy atom. The Balaban J connectivity index is 1.06. The molecule has 0 spiro atoms. The molecule has 2 aliphatic carbocycles. The van der Waals surface area contributed by atoms with E-state index in [1.165, 1.54) is 87.3 Å². The molecule has 0 aliphatic heterocycles. The van der Waals surface area contributed by atoms with Crippen molar-refractivity contribution >= 4 is 34.1 Å². The number of nitrogens with zero attached hydrogens (tertiary/aromatic N) is 2. The maximum absolute atomic E-state index is 2.62. The highest BCUT2D eigenvalue weighted by Crippen LogP contribution is 2.50. The van der Waals surface area contributed by atoms with Crippen LogP contribution >= 0.6 is 0 Å². The Hall–Kier alpha value is -7.42. The van der Waals surface area contributed by atoms with Gasteiger partial charge in [-0.1, -0.05) is 158 Å². The quantitative estimate of drug-likeness (QED) is 0.136. The second-order valence-electron chi connectivity index (χ2n) is 17.3. The van der Waals surface area contributed by atoms with E-state index in [2.05, 4.69) is 228 Å². The minimum atomic E-state index is 1.10. The SMILES string of the molecule is c1ccc(-c2ccc(N(c3ccc(-c4ccccc4)cc3)c3ccc(N(c4ccc(-c5ccccc5)cc4)c4c5c(c(-c6ccccc6)c6c4CCCC6)CCCC5)cc3)cc2)cc1. The Kier molecular flexibility index (Phi) is 10.9. The third-order valence-electron chi connectivity index (χ3n) is 13.5. The van der Waals surface area contributed by atoms with Crippen LogP contribution in [0.5, 0.6) is 0 Å². The Morgan fingerprint density at radius 3 is 0.797 bits per heavy atom. The molecule has 2 nitrogen and oxygen atoms in total. The van der Waals surface area contributed by atoms with Gasteiger partial charge in [0.1, 0.15) is 0 Å². The first kappa shape index (κ1) is 39.4. The minimum Gasteiger partial charge on any atom is -0.311 e. The second-order valence-corrected chi connectivity index (χ2v) is 17.3. The Morgan fingerprint density at radius 2 is 0.469 bits per heavy atom. The van der Waals surface area contributed by atoms with Gasteiger partial charge in [0.25, 0.3) is 0 Å². The van der Waals surface area contributed by atoms with E-state index < -0.39 is 0 Å². The fourth-order valence-corrected chi connectivity index (χ4v) is 10.4. The molecule has 9 aromatic carbocycles. The lowest BCUT2D eigenvalue weighted by Gasteiger charge is -2.37. The van der Waals surface area contributed by atoms with Crippen molar-refractivity contribution in [2.45, 2.75) is 51.4 Å². The first-order chi connectivity index (χ1) is 31.8. The molecule has 0 saturated carbocycles. The van der Waals surface area contributed by atoms with Gasteiger partial charge in [-0.15, -0.1) is 0 Å². The van der Waals surface area contributed by atoms with E-state index in [-0.39, 0.29) is 0 Å². The molecule has 2 aliphatic rings. The van der Waals surface area contributed by atoms with Gasteiger partial charge in [-0.25, -0.2) is 0 Å². The van der Waals surface area contributed by atoms with Crippen molar-refractivity contribution in [3.8, 4) is 44.5 Å². The van der Waals surface area contributed by atoms with Crippen molar-refractivity contribution in [1.82, 2.24) is 0 Å². The number of benzene rings is 9. The molecular weight excluding hydrogens is 773 g/mol. The summed E-state index contributed by atoms with van der Waals surface area (Å²) in [5.41, 5.74) is 23.6. The van der Waals surface area contributed by atoms with E-state index >= 15 is 0 Å². The molecule has 0 saturated heterocycles. The van der Waals surface area contributed by atoms with Crippen LogP contribution in [0, 0.1) is 0 Å². The van der Waals surface area contributed by atoms with Gasteiger partial charge in [-0.2, -0.15) is 0 Å². The number of fused-ring (bicyclic) bond motifs is 2. The third-order valence-corrected chi connectivity index (χ3v) is 13.5. The first-order valence-corrected chi connectivity index (χ1v) is 23.2. The van der Waals surface area contributed by atoms with Crippen LogP contribution in [0.25, 0.3) is 44.5 Å². The van der Waals surface area contributed by atoms with Crippen LogP contribution in [0.1, 0.15) is 47.9 Å². The first-order valence-electron chi connectivity index (χ1n) is 23.2. The van der Waals surface area contributed by atoms with Crippen LogP contribution in [0.15, 0.2) is 218 Å². The molecule has 0 amide bonds. The van der Waals surface area contributed by atoms with E-state index in [0.717, 1.165) is 42.7 Å². The molecule has 64 heavy (non-hydrogen) atoms. The van der Waals surface area contributed by atoms with Crippen molar-refractivity contribution in [2.24, 2.45) is 0 Å². The van der Waals surface area contributed by atoms with Crippen molar-refractivity contribution in [2.75, 3.05) is 9.80 Å². The zero-order valence-electron chi connectivity index (χ0n) is 36.3. The lowest BCUT2D eigenvalue weighted by Crippen LogP contribution is -2.22. The number of anilines is 6. The van der Waals surface area contributed by atoms with Gasteiger partial charge >= 0.3 is 0 Å². The summed E-state index contributed by atoms with van der Waals surface area (Å²) in [5, 5.41) is 0. The monoisotopic (exact) mass is 824 g/mol. The van der Waals surface area contributed by atoms with Crippen LogP contribution in [0.2, 0.25) is 0 Å². The normalized spacial score (nSPS) is 13.1. The second kappa shape index (κ2) is 17.8. The highest BCUT2D eigenvalue weighted by molar-refractivity contribution is 5.89. The van der Waals surface area contributed by atoms with Crippen molar-refractivity contribution in [1.29, 1.82) is 0 Å². The molecule has 11 rings (SSSR count). The van der Waals surface area contributed by atoms with E-state index in [0.29, 0.717) is 0 Å². The Labute approximate surface area is 378 Å². The maximum atomic E-state index is 2.62. The topological polar surface area (TPSA) is 6.48 Å². The van der Waals surface area contributed by atoms with E-state index in [9.17, 15) is 0 Å². The van der Waals surface area contributed by atoms with Gasteiger partial charge in [0.2, 0.25) is 0 Å². The molecular formula is C62H52N2.